The molecule has 0 aromatic heterocycles. The summed E-state index contributed by atoms with van der Waals surface area (Å²) in [5, 5.41) is 11.3. The van der Waals surface area contributed by atoms with Crippen molar-refractivity contribution in [3.05, 3.63) is 48.0 Å². The summed E-state index contributed by atoms with van der Waals surface area (Å²) < 4.78 is 0. The summed E-state index contributed by atoms with van der Waals surface area (Å²) >= 11 is 0. The molecule has 0 aliphatic heterocycles. The van der Waals surface area contributed by atoms with Crippen LogP contribution in [-0.2, 0) is 4.79 Å². The van der Waals surface area contributed by atoms with Gasteiger partial charge in [0.15, 0.2) is 5.78 Å². The zero-order valence-corrected chi connectivity index (χ0v) is 11.8. The second kappa shape index (κ2) is 5.68. The summed E-state index contributed by atoms with van der Waals surface area (Å²) in [7, 11) is 0. The van der Waals surface area contributed by atoms with E-state index in [1.54, 1.807) is 0 Å². The molecule has 0 unspecified atom stereocenters. The van der Waals surface area contributed by atoms with E-state index in [9.17, 15) is 14.7 Å². The summed E-state index contributed by atoms with van der Waals surface area (Å²) in [4.78, 5) is 24.3. The number of fused-ring (bicyclic) bond motifs is 1. The predicted molar refractivity (Wildman–Crippen MR) is 81.4 cm³/mol. The highest BCUT2D eigenvalue weighted by molar-refractivity contribution is 6.10. The summed E-state index contributed by atoms with van der Waals surface area (Å²) in [6.45, 7) is 0. The molecule has 2 atom stereocenters. The molecule has 1 fully saturated rings. The molecule has 0 radical (unpaired) electrons. The van der Waals surface area contributed by atoms with Crippen molar-refractivity contribution in [3.63, 3.8) is 0 Å². The third-order valence-corrected chi connectivity index (χ3v) is 4.48. The topological polar surface area (TPSA) is 54.4 Å². The SMILES string of the molecule is O=C(O)[C@H]1CCCC[C@@H]1C(=O)c1cccc2ccccc12. The van der Waals surface area contributed by atoms with E-state index in [-0.39, 0.29) is 11.7 Å². The molecule has 0 bridgehead atoms. The Labute approximate surface area is 123 Å². The van der Waals surface area contributed by atoms with Crippen LogP contribution >= 0.6 is 0 Å². The lowest BCUT2D eigenvalue weighted by Crippen LogP contribution is -2.32. The Hall–Kier alpha value is -2.16. The monoisotopic (exact) mass is 282 g/mol. The highest BCUT2D eigenvalue weighted by Gasteiger charge is 2.36. The van der Waals surface area contributed by atoms with Gasteiger partial charge in [-0.3, -0.25) is 9.59 Å². The minimum absolute atomic E-state index is 0.0149. The summed E-state index contributed by atoms with van der Waals surface area (Å²) in [6.07, 6.45) is 3.12. The van der Waals surface area contributed by atoms with Crippen LogP contribution in [0.15, 0.2) is 42.5 Å². The maximum atomic E-state index is 12.9. The van der Waals surface area contributed by atoms with Crippen molar-refractivity contribution < 1.29 is 14.7 Å². The number of carboxylic acid groups (broad SMARTS) is 1. The van der Waals surface area contributed by atoms with Gasteiger partial charge in [0.2, 0.25) is 0 Å². The lowest BCUT2D eigenvalue weighted by atomic mass is 9.75. The second-order valence-electron chi connectivity index (χ2n) is 5.73. The molecule has 21 heavy (non-hydrogen) atoms. The minimum atomic E-state index is -0.840. The normalized spacial score (nSPS) is 22.1. The van der Waals surface area contributed by atoms with Crippen molar-refractivity contribution in [1.29, 1.82) is 0 Å². The zero-order chi connectivity index (χ0) is 14.8. The molecule has 3 rings (SSSR count). The number of benzene rings is 2. The Morgan fingerprint density at radius 2 is 1.57 bits per heavy atom. The first-order chi connectivity index (χ1) is 10.2. The highest BCUT2D eigenvalue weighted by Crippen LogP contribution is 2.34. The molecule has 3 nitrogen and oxygen atoms in total. The molecular weight excluding hydrogens is 264 g/mol. The maximum absolute atomic E-state index is 12.9. The van der Waals surface area contributed by atoms with Gasteiger partial charge in [0.25, 0.3) is 0 Å². The Morgan fingerprint density at radius 3 is 2.33 bits per heavy atom. The van der Waals surface area contributed by atoms with Crippen molar-refractivity contribution in [3.8, 4) is 0 Å². The second-order valence-corrected chi connectivity index (χ2v) is 5.73. The van der Waals surface area contributed by atoms with Gasteiger partial charge in [-0.2, -0.15) is 0 Å². The average Bonchev–Trinajstić information content (AvgIpc) is 2.53. The van der Waals surface area contributed by atoms with Crippen molar-refractivity contribution in [2.24, 2.45) is 11.8 Å². The molecule has 2 aromatic carbocycles. The molecular formula is C18H18O3. The van der Waals surface area contributed by atoms with Gasteiger partial charge in [-0.05, 0) is 23.6 Å². The van der Waals surface area contributed by atoms with Gasteiger partial charge >= 0.3 is 5.97 Å². The number of ketones is 1. The van der Waals surface area contributed by atoms with E-state index in [1.165, 1.54) is 0 Å². The summed E-state index contributed by atoms with van der Waals surface area (Å²) in [5.41, 5.74) is 0.659. The quantitative estimate of drug-likeness (QED) is 0.868. The summed E-state index contributed by atoms with van der Waals surface area (Å²) in [6, 6.07) is 13.4. The number of rotatable bonds is 3. The number of carboxylic acids is 1. The molecule has 1 aliphatic rings. The van der Waals surface area contributed by atoms with E-state index in [0.717, 1.165) is 23.6 Å². The van der Waals surface area contributed by atoms with Gasteiger partial charge < -0.3 is 5.11 Å². The van der Waals surface area contributed by atoms with Crippen LogP contribution in [0.3, 0.4) is 0 Å². The van der Waals surface area contributed by atoms with E-state index in [4.69, 9.17) is 0 Å². The highest BCUT2D eigenvalue weighted by atomic mass is 16.4. The van der Waals surface area contributed by atoms with Gasteiger partial charge in [0.1, 0.15) is 0 Å². The largest absolute Gasteiger partial charge is 0.481 e. The number of hydrogen-bond acceptors (Lipinski definition) is 2. The predicted octanol–water partition coefficient (Wildman–Crippen LogP) is 3.91. The Balaban J connectivity index is 2.01. The van der Waals surface area contributed by atoms with E-state index < -0.39 is 11.9 Å². The number of carbonyl (C=O) groups excluding carboxylic acids is 1. The van der Waals surface area contributed by atoms with Crippen LogP contribution in [0.2, 0.25) is 0 Å². The summed E-state index contributed by atoms with van der Waals surface area (Å²) in [5.74, 6) is -1.78. The van der Waals surface area contributed by atoms with Crippen molar-refractivity contribution in [1.82, 2.24) is 0 Å². The van der Waals surface area contributed by atoms with Gasteiger partial charge in [-0.25, -0.2) is 0 Å². The maximum Gasteiger partial charge on any atom is 0.307 e. The van der Waals surface area contributed by atoms with Crippen molar-refractivity contribution in [2.75, 3.05) is 0 Å². The third-order valence-electron chi connectivity index (χ3n) is 4.48. The molecule has 0 heterocycles. The van der Waals surface area contributed by atoms with Gasteiger partial charge in [-0.1, -0.05) is 55.3 Å². The fourth-order valence-corrected chi connectivity index (χ4v) is 3.38. The van der Waals surface area contributed by atoms with Crippen LogP contribution in [0, 0.1) is 11.8 Å². The van der Waals surface area contributed by atoms with Crippen LogP contribution in [-0.4, -0.2) is 16.9 Å². The fraction of sp³-hybridized carbons (Fsp3) is 0.333. The Kier molecular flexibility index (Phi) is 3.74. The molecule has 0 amide bonds. The molecule has 0 spiro atoms. The molecule has 2 aromatic rings. The molecule has 3 heteroatoms. The number of hydrogen-bond donors (Lipinski definition) is 1. The van der Waals surface area contributed by atoms with E-state index in [2.05, 4.69) is 0 Å². The van der Waals surface area contributed by atoms with E-state index >= 15 is 0 Å². The van der Waals surface area contributed by atoms with Crippen LogP contribution < -0.4 is 0 Å². The molecule has 108 valence electrons. The van der Waals surface area contributed by atoms with Crippen LogP contribution in [0.4, 0.5) is 0 Å². The van der Waals surface area contributed by atoms with E-state index in [1.807, 2.05) is 42.5 Å². The van der Waals surface area contributed by atoms with Crippen LogP contribution in [0.1, 0.15) is 36.0 Å². The number of Topliss-reactive ketones (excluding diaryl/α,β-unsaturated/α-hetero) is 1. The first kappa shape index (κ1) is 13.8. The van der Waals surface area contributed by atoms with Gasteiger partial charge in [-0.15, -0.1) is 0 Å². The van der Waals surface area contributed by atoms with Gasteiger partial charge in [0, 0.05) is 11.5 Å². The zero-order valence-electron chi connectivity index (χ0n) is 11.8. The van der Waals surface area contributed by atoms with Crippen molar-refractivity contribution >= 4 is 22.5 Å². The van der Waals surface area contributed by atoms with E-state index in [0.29, 0.717) is 18.4 Å². The molecule has 0 saturated heterocycles. The van der Waals surface area contributed by atoms with Crippen molar-refractivity contribution in [2.45, 2.75) is 25.7 Å². The molecule has 1 aliphatic carbocycles. The molecule has 1 saturated carbocycles. The number of aliphatic carboxylic acids is 1. The lowest BCUT2D eigenvalue weighted by molar-refractivity contribution is -0.144. The first-order valence-electron chi connectivity index (χ1n) is 7.43. The Morgan fingerprint density at radius 1 is 0.905 bits per heavy atom. The first-order valence-corrected chi connectivity index (χ1v) is 7.43. The smallest absolute Gasteiger partial charge is 0.307 e. The van der Waals surface area contributed by atoms with Crippen LogP contribution in [0.5, 0.6) is 0 Å². The van der Waals surface area contributed by atoms with Gasteiger partial charge in [0.05, 0.1) is 5.92 Å². The number of carbonyl (C=O) groups is 2. The fourth-order valence-electron chi connectivity index (χ4n) is 3.38. The molecule has 1 N–H and O–H groups in total. The standard InChI is InChI=1S/C18H18O3/c19-17(15-9-3-4-10-16(15)18(20)21)14-11-5-7-12-6-1-2-8-13(12)14/h1-2,5-8,11,15-16H,3-4,9-10H2,(H,20,21)/t15-,16-/m0/s1. The third kappa shape index (κ3) is 2.56. The lowest BCUT2D eigenvalue weighted by Gasteiger charge is -2.27. The average molecular weight is 282 g/mol. The van der Waals surface area contributed by atoms with Crippen LogP contribution in [0.25, 0.3) is 10.8 Å². The minimum Gasteiger partial charge on any atom is -0.481 e. The Bertz CT molecular complexity index is 684.